The fourth-order valence-corrected chi connectivity index (χ4v) is 2.22. The zero-order valence-corrected chi connectivity index (χ0v) is 10.2. The predicted octanol–water partition coefficient (Wildman–Crippen LogP) is 1.80. The highest BCUT2D eigenvalue weighted by atomic mass is 35.5. The van der Waals surface area contributed by atoms with Crippen LogP contribution >= 0.6 is 22.9 Å². The number of thiophene rings is 1. The van der Waals surface area contributed by atoms with Crippen LogP contribution in [0.2, 0.25) is 4.34 Å². The van der Waals surface area contributed by atoms with Crippen molar-refractivity contribution in [3.8, 4) is 0 Å². The fraction of sp³-hybridized carbons (Fsp3) is 0.500. The SMILES string of the molecule is C[C@H](CN)NC(=O)CCc1ccc(Cl)s1. The van der Waals surface area contributed by atoms with E-state index < -0.39 is 0 Å². The van der Waals surface area contributed by atoms with Gasteiger partial charge in [0.25, 0.3) is 0 Å². The zero-order chi connectivity index (χ0) is 11.3. The summed E-state index contributed by atoms with van der Waals surface area (Å²) in [6, 6.07) is 3.85. The second kappa shape index (κ2) is 6.10. The van der Waals surface area contributed by atoms with Gasteiger partial charge in [-0.2, -0.15) is 0 Å². The van der Waals surface area contributed by atoms with E-state index in [1.165, 1.54) is 11.3 Å². The average Bonchev–Trinajstić information content (AvgIpc) is 2.61. The summed E-state index contributed by atoms with van der Waals surface area (Å²) in [5, 5.41) is 2.81. The largest absolute Gasteiger partial charge is 0.352 e. The standard InChI is InChI=1S/C10H15ClN2OS/c1-7(6-12)13-10(14)5-3-8-2-4-9(11)15-8/h2,4,7H,3,5-6,12H2,1H3,(H,13,14)/t7-/m1/s1. The highest BCUT2D eigenvalue weighted by molar-refractivity contribution is 7.16. The van der Waals surface area contributed by atoms with Crippen LogP contribution in [0.4, 0.5) is 0 Å². The lowest BCUT2D eigenvalue weighted by molar-refractivity contribution is -0.121. The number of hydrogen-bond donors (Lipinski definition) is 2. The first-order chi connectivity index (χ1) is 7.11. The molecule has 5 heteroatoms. The van der Waals surface area contributed by atoms with Crippen LogP contribution in [0.25, 0.3) is 0 Å². The molecule has 1 aromatic heterocycles. The Hall–Kier alpha value is -0.580. The van der Waals surface area contributed by atoms with Gasteiger partial charge >= 0.3 is 0 Å². The van der Waals surface area contributed by atoms with Crippen LogP contribution in [-0.4, -0.2) is 18.5 Å². The maximum atomic E-state index is 11.4. The molecule has 1 rings (SSSR count). The summed E-state index contributed by atoms with van der Waals surface area (Å²) in [7, 11) is 0. The molecule has 1 atom stereocenters. The number of amides is 1. The molecule has 0 aliphatic heterocycles. The monoisotopic (exact) mass is 246 g/mol. The van der Waals surface area contributed by atoms with Crippen molar-refractivity contribution in [2.45, 2.75) is 25.8 Å². The van der Waals surface area contributed by atoms with Gasteiger partial charge in [-0.1, -0.05) is 11.6 Å². The number of rotatable bonds is 5. The van der Waals surface area contributed by atoms with Crippen molar-refractivity contribution >= 4 is 28.8 Å². The summed E-state index contributed by atoms with van der Waals surface area (Å²) in [5.74, 6) is 0.0393. The highest BCUT2D eigenvalue weighted by Crippen LogP contribution is 2.22. The summed E-state index contributed by atoms with van der Waals surface area (Å²) in [4.78, 5) is 12.5. The van der Waals surface area contributed by atoms with E-state index in [1.54, 1.807) is 0 Å². The minimum Gasteiger partial charge on any atom is -0.352 e. The second-order valence-corrected chi connectivity index (χ2v) is 5.21. The molecule has 0 saturated carbocycles. The lowest BCUT2D eigenvalue weighted by atomic mass is 10.2. The molecule has 3 N–H and O–H groups in total. The Labute approximate surface area is 98.6 Å². The first kappa shape index (κ1) is 12.5. The molecule has 0 aliphatic carbocycles. The Morgan fingerprint density at radius 3 is 2.93 bits per heavy atom. The molecule has 0 fully saturated rings. The van der Waals surface area contributed by atoms with Gasteiger partial charge in [-0.25, -0.2) is 0 Å². The number of carbonyl (C=O) groups excluding carboxylic acids is 1. The molecule has 0 unspecified atom stereocenters. The summed E-state index contributed by atoms with van der Waals surface area (Å²) >= 11 is 7.30. The van der Waals surface area contributed by atoms with E-state index in [0.29, 0.717) is 13.0 Å². The lowest BCUT2D eigenvalue weighted by Gasteiger charge is -2.10. The van der Waals surface area contributed by atoms with E-state index in [-0.39, 0.29) is 11.9 Å². The molecule has 0 bridgehead atoms. The number of halogens is 1. The van der Waals surface area contributed by atoms with Crippen molar-refractivity contribution in [1.82, 2.24) is 5.32 Å². The Bertz CT molecular complexity index is 327. The first-order valence-electron chi connectivity index (χ1n) is 4.85. The highest BCUT2D eigenvalue weighted by Gasteiger charge is 2.06. The van der Waals surface area contributed by atoms with Gasteiger partial charge in [0.05, 0.1) is 4.34 Å². The molecule has 84 valence electrons. The Morgan fingerprint density at radius 1 is 1.67 bits per heavy atom. The molecule has 1 aromatic rings. The Morgan fingerprint density at radius 2 is 2.40 bits per heavy atom. The summed E-state index contributed by atoms with van der Waals surface area (Å²) in [5.41, 5.74) is 5.40. The van der Waals surface area contributed by atoms with Crippen molar-refractivity contribution in [3.05, 3.63) is 21.3 Å². The van der Waals surface area contributed by atoms with Gasteiger partial charge in [-0.15, -0.1) is 11.3 Å². The van der Waals surface area contributed by atoms with Crippen LogP contribution in [-0.2, 0) is 11.2 Å². The molecule has 1 amide bonds. The molecule has 15 heavy (non-hydrogen) atoms. The molecule has 0 radical (unpaired) electrons. The van der Waals surface area contributed by atoms with Crippen LogP contribution in [0, 0.1) is 0 Å². The van der Waals surface area contributed by atoms with E-state index in [0.717, 1.165) is 15.6 Å². The lowest BCUT2D eigenvalue weighted by Crippen LogP contribution is -2.37. The number of carbonyl (C=O) groups is 1. The van der Waals surface area contributed by atoms with E-state index in [2.05, 4.69) is 5.32 Å². The van der Waals surface area contributed by atoms with Crippen molar-refractivity contribution < 1.29 is 4.79 Å². The molecular formula is C10H15ClN2OS. The molecule has 1 heterocycles. The quantitative estimate of drug-likeness (QED) is 0.833. The predicted molar refractivity (Wildman–Crippen MR) is 64.3 cm³/mol. The van der Waals surface area contributed by atoms with Crippen molar-refractivity contribution in [2.24, 2.45) is 5.73 Å². The number of hydrogen-bond acceptors (Lipinski definition) is 3. The molecule has 0 saturated heterocycles. The number of nitrogens with two attached hydrogens (primary N) is 1. The topological polar surface area (TPSA) is 55.1 Å². The van der Waals surface area contributed by atoms with Crippen molar-refractivity contribution in [1.29, 1.82) is 0 Å². The summed E-state index contributed by atoms with van der Waals surface area (Å²) < 4.78 is 0.765. The van der Waals surface area contributed by atoms with E-state index >= 15 is 0 Å². The fourth-order valence-electron chi connectivity index (χ4n) is 1.13. The Kier molecular flexibility index (Phi) is 5.08. The third-order valence-electron chi connectivity index (χ3n) is 1.99. The van der Waals surface area contributed by atoms with Gasteiger partial charge in [-0.05, 0) is 25.5 Å². The molecule has 0 aromatic carbocycles. The maximum absolute atomic E-state index is 11.4. The summed E-state index contributed by atoms with van der Waals surface area (Å²) in [6.07, 6.45) is 1.22. The van der Waals surface area contributed by atoms with Gasteiger partial charge in [-0.3, -0.25) is 4.79 Å². The van der Waals surface area contributed by atoms with E-state index in [1.807, 2.05) is 19.1 Å². The molecule has 0 aliphatic rings. The molecule has 3 nitrogen and oxygen atoms in total. The van der Waals surface area contributed by atoms with Crippen LogP contribution in [0.5, 0.6) is 0 Å². The van der Waals surface area contributed by atoms with Gasteiger partial charge in [0.1, 0.15) is 0 Å². The van der Waals surface area contributed by atoms with Crippen LogP contribution in [0.1, 0.15) is 18.2 Å². The van der Waals surface area contributed by atoms with Gasteiger partial charge in [0.2, 0.25) is 5.91 Å². The van der Waals surface area contributed by atoms with Crippen LogP contribution in [0.3, 0.4) is 0 Å². The van der Waals surface area contributed by atoms with Gasteiger partial charge in [0, 0.05) is 23.9 Å². The normalized spacial score (nSPS) is 12.5. The first-order valence-corrected chi connectivity index (χ1v) is 6.05. The van der Waals surface area contributed by atoms with Crippen molar-refractivity contribution in [2.75, 3.05) is 6.54 Å². The third-order valence-corrected chi connectivity index (χ3v) is 3.28. The zero-order valence-electron chi connectivity index (χ0n) is 8.63. The number of aryl methyl sites for hydroxylation is 1. The van der Waals surface area contributed by atoms with Crippen LogP contribution < -0.4 is 11.1 Å². The molecule has 0 spiro atoms. The van der Waals surface area contributed by atoms with Gasteiger partial charge in [0.15, 0.2) is 0 Å². The third kappa shape index (κ3) is 4.64. The van der Waals surface area contributed by atoms with Crippen molar-refractivity contribution in [3.63, 3.8) is 0 Å². The summed E-state index contributed by atoms with van der Waals surface area (Å²) in [6.45, 7) is 2.36. The maximum Gasteiger partial charge on any atom is 0.220 e. The van der Waals surface area contributed by atoms with Crippen LogP contribution in [0.15, 0.2) is 12.1 Å². The minimum absolute atomic E-state index is 0.0393. The van der Waals surface area contributed by atoms with E-state index in [4.69, 9.17) is 17.3 Å². The van der Waals surface area contributed by atoms with Gasteiger partial charge < -0.3 is 11.1 Å². The Balaban J connectivity index is 2.28. The molecular weight excluding hydrogens is 232 g/mol. The minimum atomic E-state index is 0.0393. The second-order valence-electron chi connectivity index (χ2n) is 3.41. The number of nitrogens with one attached hydrogen (secondary N) is 1. The smallest absolute Gasteiger partial charge is 0.220 e. The van der Waals surface area contributed by atoms with E-state index in [9.17, 15) is 4.79 Å². The average molecular weight is 247 g/mol.